The van der Waals surface area contributed by atoms with Gasteiger partial charge in [0.15, 0.2) is 6.61 Å². The van der Waals surface area contributed by atoms with Crippen molar-refractivity contribution in [2.75, 3.05) is 6.61 Å². The van der Waals surface area contributed by atoms with Crippen molar-refractivity contribution in [2.45, 2.75) is 82.8 Å². The lowest BCUT2D eigenvalue weighted by Crippen LogP contribution is -2.21. The van der Waals surface area contributed by atoms with Crippen molar-refractivity contribution in [2.24, 2.45) is 11.1 Å². The fourth-order valence-corrected chi connectivity index (χ4v) is 5.08. The minimum Gasteiger partial charge on any atom is -0.468 e. The fraction of sp³-hybridized carbons (Fsp3) is 0.609. The Labute approximate surface area is 193 Å². The van der Waals surface area contributed by atoms with Crippen LogP contribution in [0.3, 0.4) is 0 Å². The third-order valence-electron chi connectivity index (χ3n) is 6.04. The zero-order chi connectivity index (χ0) is 24.6. The molecule has 0 amide bonds. The summed E-state index contributed by atoms with van der Waals surface area (Å²) in [6, 6.07) is 4.71. The number of sulfonamides is 1. The Morgan fingerprint density at radius 2 is 1.76 bits per heavy atom. The van der Waals surface area contributed by atoms with Crippen LogP contribution < -0.4 is 9.88 Å². The molecule has 2 aromatic heterocycles. The average Bonchev–Trinajstić information content (AvgIpc) is 3.02. The Morgan fingerprint density at radius 1 is 1.12 bits per heavy atom. The molecule has 2 N–H and O–H groups in total. The van der Waals surface area contributed by atoms with E-state index < -0.39 is 28.2 Å². The normalized spacial score (nSPS) is 16.2. The number of nitrogens with two attached hydrogens (primary N) is 1. The van der Waals surface area contributed by atoms with Crippen LogP contribution in [-0.2, 0) is 22.0 Å². The van der Waals surface area contributed by atoms with Gasteiger partial charge in [-0.1, -0.05) is 40.0 Å². The average molecular weight is 488 g/mol. The summed E-state index contributed by atoms with van der Waals surface area (Å²) < 4.78 is 69.7. The van der Waals surface area contributed by atoms with E-state index in [1.54, 1.807) is 13.0 Å². The summed E-state index contributed by atoms with van der Waals surface area (Å²) in [4.78, 5) is 4.30. The zero-order valence-corrected chi connectivity index (χ0v) is 20.3. The Bertz CT molecular complexity index is 1100. The van der Waals surface area contributed by atoms with E-state index in [4.69, 9.17) is 9.88 Å². The maximum absolute atomic E-state index is 12.8. The second-order valence-corrected chi connectivity index (χ2v) is 11.4. The molecule has 0 atom stereocenters. The van der Waals surface area contributed by atoms with E-state index in [0.717, 1.165) is 25.7 Å². The molecule has 1 saturated carbocycles. The van der Waals surface area contributed by atoms with E-state index in [1.165, 1.54) is 18.6 Å². The monoisotopic (exact) mass is 487 g/mol. The van der Waals surface area contributed by atoms with Crippen molar-refractivity contribution >= 4 is 10.0 Å². The summed E-state index contributed by atoms with van der Waals surface area (Å²) in [7, 11) is -3.98. The second kappa shape index (κ2) is 9.29. The molecule has 0 radical (unpaired) electrons. The van der Waals surface area contributed by atoms with Gasteiger partial charge < -0.3 is 9.30 Å². The molecule has 2 aromatic rings. The van der Waals surface area contributed by atoms with Crippen LogP contribution in [-0.4, -0.2) is 30.8 Å². The van der Waals surface area contributed by atoms with Crippen molar-refractivity contribution in [3.8, 4) is 17.1 Å². The van der Waals surface area contributed by atoms with Crippen LogP contribution >= 0.6 is 0 Å². The molecule has 0 aromatic carbocycles. The minimum atomic E-state index is -4.50. The first-order valence-corrected chi connectivity index (χ1v) is 12.7. The van der Waals surface area contributed by atoms with Crippen molar-refractivity contribution < 1.29 is 26.3 Å². The third kappa shape index (κ3) is 6.50. The highest BCUT2D eigenvalue weighted by molar-refractivity contribution is 7.89. The molecule has 184 valence electrons. The number of hydrogen-bond acceptors (Lipinski definition) is 4. The summed E-state index contributed by atoms with van der Waals surface area (Å²) in [6.45, 7) is 6.55. The molecular weight excluding hydrogens is 455 g/mol. The maximum Gasteiger partial charge on any atom is 0.422 e. The molecular formula is C23H32F3N3O3S. The molecule has 3 rings (SSSR count). The van der Waals surface area contributed by atoms with Crippen LogP contribution in [0.15, 0.2) is 23.1 Å². The van der Waals surface area contributed by atoms with Crippen LogP contribution in [0.2, 0.25) is 0 Å². The van der Waals surface area contributed by atoms with Crippen molar-refractivity contribution in [3.05, 3.63) is 29.6 Å². The molecule has 2 heterocycles. The second-order valence-electron chi connectivity index (χ2n) is 9.87. The molecule has 0 aliphatic heterocycles. The van der Waals surface area contributed by atoms with E-state index in [9.17, 15) is 21.6 Å². The lowest BCUT2D eigenvalue weighted by Gasteiger charge is -2.25. The van der Waals surface area contributed by atoms with Crippen molar-refractivity contribution in [3.63, 3.8) is 0 Å². The predicted octanol–water partition coefficient (Wildman–Crippen LogP) is 5.32. The molecule has 0 unspecified atom stereocenters. The summed E-state index contributed by atoms with van der Waals surface area (Å²) in [5.41, 5.74) is 1.71. The number of aromatic nitrogens is 2. The summed E-state index contributed by atoms with van der Waals surface area (Å²) in [5, 5.41) is 5.47. The molecule has 0 bridgehead atoms. The summed E-state index contributed by atoms with van der Waals surface area (Å²) in [6.07, 6.45) is 1.03. The Morgan fingerprint density at radius 3 is 2.30 bits per heavy atom. The van der Waals surface area contributed by atoms with Gasteiger partial charge in [0.05, 0.1) is 5.69 Å². The molecule has 1 aliphatic carbocycles. The van der Waals surface area contributed by atoms with Gasteiger partial charge in [0.2, 0.25) is 15.9 Å². The molecule has 1 aliphatic rings. The van der Waals surface area contributed by atoms with Crippen molar-refractivity contribution in [1.29, 1.82) is 0 Å². The Balaban J connectivity index is 2.14. The summed E-state index contributed by atoms with van der Waals surface area (Å²) >= 11 is 0. The number of ether oxygens (including phenoxy) is 1. The van der Waals surface area contributed by atoms with Gasteiger partial charge in [0, 0.05) is 35.0 Å². The standard InChI is InChI=1S/C23H32F3N3O3S/c1-15-19(33(27,30)31)12-18(29(15)13-16-8-6-5-7-9-16)17-10-20(22(2,3)4)28-21(11-17)32-14-23(24,25)26/h10-12,16H,5-9,13-14H2,1-4H3,(H2,27,30,31). The van der Waals surface area contributed by atoms with E-state index in [-0.39, 0.29) is 10.8 Å². The van der Waals surface area contributed by atoms with Gasteiger partial charge in [-0.2, -0.15) is 13.2 Å². The van der Waals surface area contributed by atoms with Gasteiger partial charge in [0.1, 0.15) is 4.90 Å². The van der Waals surface area contributed by atoms with Crippen LogP contribution in [0.25, 0.3) is 11.3 Å². The zero-order valence-electron chi connectivity index (χ0n) is 19.5. The van der Waals surface area contributed by atoms with E-state index in [2.05, 4.69) is 4.98 Å². The van der Waals surface area contributed by atoms with Gasteiger partial charge in [-0.05, 0) is 37.8 Å². The van der Waals surface area contributed by atoms with Gasteiger partial charge in [-0.25, -0.2) is 18.5 Å². The van der Waals surface area contributed by atoms with Gasteiger partial charge in [0.25, 0.3) is 0 Å². The minimum absolute atomic E-state index is 0.0141. The van der Waals surface area contributed by atoms with E-state index >= 15 is 0 Å². The molecule has 33 heavy (non-hydrogen) atoms. The number of alkyl halides is 3. The lowest BCUT2D eigenvalue weighted by atomic mass is 9.89. The highest BCUT2D eigenvalue weighted by atomic mass is 32.2. The number of pyridine rings is 1. The number of primary sulfonamides is 1. The lowest BCUT2D eigenvalue weighted by molar-refractivity contribution is -0.154. The Hall–Kier alpha value is -2.07. The smallest absolute Gasteiger partial charge is 0.422 e. The molecule has 1 fully saturated rings. The molecule has 10 heteroatoms. The Kier molecular flexibility index (Phi) is 7.19. The maximum atomic E-state index is 12.8. The number of halogens is 3. The third-order valence-corrected chi connectivity index (χ3v) is 7.07. The van der Waals surface area contributed by atoms with Crippen LogP contribution in [0.5, 0.6) is 5.88 Å². The van der Waals surface area contributed by atoms with E-state index in [0.29, 0.717) is 35.1 Å². The number of nitrogens with zero attached hydrogens (tertiary/aromatic N) is 2. The predicted molar refractivity (Wildman–Crippen MR) is 121 cm³/mol. The quantitative estimate of drug-likeness (QED) is 0.597. The highest BCUT2D eigenvalue weighted by Crippen LogP contribution is 2.35. The SMILES string of the molecule is Cc1c(S(N)(=O)=O)cc(-c2cc(OCC(F)(F)F)nc(C(C)(C)C)c2)n1CC1CCCCC1. The molecule has 6 nitrogen and oxygen atoms in total. The highest BCUT2D eigenvalue weighted by Gasteiger charge is 2.30. The first kappa shape index (κ1) is 25.6. The fourth-order valence-electron chi connectivity index (χ4n) is 4.28. The van der Waals surface area contributed by atoms with E-state index in [1.807, 2.05) is 25.3 Å². The first-order chi connectivity index (χ1) is 15.1. The van der Waals surface area contributed by atoms with Crippen LogP contribution in [0.4, 0.5) is 13.2 Å². The first-order valence-electron chi connectivity index (χ1n) is 11.1. The molecule has 0 saturated heterocycles. The topological polar surface area (TPSA) is 87.2 Å². The van der Waals surface area contributed by atoms with Gasteiger partial charge in [-0.15, -0.1) is 0 Å². The molecule has 0 spiro atoms. The number of hydrogen-bond donors (Lipinski definition) is 1. The summed E-state index contributed by atoms with van der Waals surface area (Å²) in [5.74, 6) is 0.233. The largest absolute Gasteiger partial charge is 0.468 e. The van der Waals surface area contributed by atoms with Crippen LogP contribution in [0, 0.1) is 12.8 Å². The van der Waals surface area contributed by atoms with Gasteiger partial charge in [-0.3, -0.25) is 0 Å². The van der Waals surface area contributed by atoms with Gasteiger partial charge >= 0.3 is 6.18 Å². The number of rotatable bonds is 6. The van der Waals surface area contributed by atoms with Crippen LogP contribution in [0.1, 0.15) is 64.3 Å². The van der Waals surface area contributed by atoms with Crippen molar-refractivity contribution in [1.82, 2.24) is 9.55 Å².